The fourth-order valence-corrected chi connectivity index (χ4v) is 1.67. The highest BCUT2D eigenvalue weighted by Crippen LogP contribution is 2.12. The molecule has 108 valence electrons. The predicted molar refractivity (Wildman–Crippen MR) is 76.7 cm³/mol. The number of methoxy groups -OCH3 is 1. The molecule has 5 heteroatoms. The van der Waals surface area contributed by atoms with E-state index in [4.69, 9.17) is 9.84 Å². The first-order valence-electron chi connectivity index (χ1n) is 6.33. The molecule has 0 fully saturated rings. The first kappa shape index (κ1) is 15.9. The highest BCUT2D eigenvalue weighted by molar-refractivity contribution is 5.96. The van der Waals surface area contributed by atoms with Gasteiger partial charge in [0.05, 0.1) is 0 Å². The van der Waals surface area contributed by atoms with Gasteiger partial charge in [0.25, 0.3) is 5.91 Å². The van der Waals surface area contributed by atoms with Crippen LogP contribution in [0.1, 0.15) is 27.9 Å². The zero-order chi connectivity index (χ0) is 15.0. The average Bonchev–Trinajstić information content (AvgIpc) is 2.42. The molecule has 0 bridgehead atoms. The number of carboxylic acids is 1. The molecule has 0 spiro atoms. The van der Waals surface area contributed by atoms with Crippen molar-refractivity contribution in [1.29, 1.82) is 0 Å². The average molecular weight is 277 g/mol. The predicted octanol–water partition coefficient (Wildman–Crippen LogP) is 1.86. The highest BCUT2D eigenvalue weighted by Gasteiger charge is 2.08. The number of carboxylic acid groups (broad SMARTS) is 1. The summed E-state index contributed by atoms with van der Waals surface area (Å²) in [5.41, 5.74) is 2.08. The molecule has 0 aliphatic heterocycles. The second kappa shape index (κ2) is 8.12. The van der Waals surface area contributed by atoms with Crippen LogP contribution < -0.4 is 5.32 Å². The molecule has 2 N–H and O–H groups in total. The van der Waals surface area contributed by atoms with Gasteiger partial charge in [-0.25, -0.2) is 4.79 Å². The molecule has 0 aliphatic carbocycles. The molecule has 0 atom stereocenters. The number of aryl methyl sites for hydroxylation is 1. The number of nitrogens with one attached hydrogen (secondary N) is 1. The molecule has 1 aromatic carbocycles. The Kier molecular flexibility index (Phi) is 6.46. The van der Waals surface area contributed by atoms with Crippen molar-refractivity contribution in [1.82, 2.24) is 5.32 Å². The number of amides is 1. The summed E-state index contributed by atoms with van der Waals surface area (Å²) >= 11 is 0. The van der Waals surface area contributed by atoms with E-state index in [2.05, 4.69) is 5.32 Å². The van der Waals surface area contributed by atoms with Crippen LogP contribution in [-0.2, 0) is 9.53 Å². The molecular weight excluding hydrogens is 258 g/mol. The van der Waals surface area contributed by atoms with E-state index in [1.807, 2.05) is 6.92 Å². The molecule has 0 radical (unpaired) electrons. The standard InChI is InChI=1S/C15H19NO4/c1-11-4-5-12(6-7-14(17)18)10-13(11)15(19)16-8-3-9-20-2/h4-7,10H,3,8-9H2,1-2H3,(H,16,19)(H,17,18). The van der Waals surface area contributed by atoms with Crippen molar-refractivity contribution in [3.8, 4) is 0 Å². The third-order valence-electron chi connectivity index (χ3n) is 2.74. The van der Waals surface area contributed by atoms with E-state index in [0.29, 0.717) is 24.3 Å². The minimum atomic E-state index is -1.02. The van der Waals surface area contributed by atoms with Gasteiger partial charge < -0.3 is 15.2 Å². The number of carbonyl (C=O) groups excluding carboxylic acids is 1. The van der Waals surface area contributed by atoms with Crippen molar-refractivity contribution in [2.24, 2.45) is 0 Å². The molecule has 5 nitrogen and oxygen atoms in total. The lowest BCUT2D eigenvalue weighted by Gasteiger charge is -2.08. The van der Waals surface area contributed by atoms with Crippen molar-refractivity contribution in [3.63, 3.8) is 0 Å². The maximum Gasteiger partial charge on any atom is 0.328 e. The number of aliphatic carboxylic acids is 1. The molecule has 1 amide bonds. The van der Waals surface area contributed by atoms with Gasteiger partial charge in [0.1, 0.15) is 0 Å². The lowest BCUT2D eigenvalue weighted by atomic mass is 10.0. The van der Waals surface area contributed by atoms with Crippen molar-refractivity contribution < 1.29 is 19.4 Å². The van der Waals surface area contributed by atoms with Gasteiger partial charge in [-0.3, -0.25) is 4.79 Å². The quantitative estimate of drug-likeness (QED) is 0.589. The van der Waals surface area contributed by atoms with E-state index in [-0.39, 0.29) is 5.91 Å². The van der Waals surface area contributed by atoms with Gasteiger partial charge in [0.15, 0.2) is 0 Å². The van der Waals surface area contributed by atoms with Gasteiger partial charge in [0.2, 0.25) is 0 Å². The number of carbonyl (C=O) groups is 2. The van der Waals surface area contributed by atoms with E-state index < -0.39 is 5.97 Å². The minimum Gasteiger partial charge on any atom is -0.478 e. The SMILES string of the molecule is COCCCNC(=O)c1cc(C=CC(=O)O)ccc1C. The lowest BCUT2D eigenvalue weighted by molar-refractivity contribution is -0.131. The van der Waals surface area contributed by atoms with Gasteiger partial charge in [-0.05, 0) is 36.6 Å². The van der Waals surface area contributed by atoms with Crippen LogP contribution in [-0.4, -0.2) is 37.2 Å². The summed E-state index contributed by atoms with van der Waals surface area (Å²) in [6.45, 7) is 2.98. The number of benzene rings is 1. The normalized spacial score (nSPS) is 10.7. The Balaban J connectivity index is 2.75. The van der Waals surface area contributed by atoms with E-state index >= 15 is 0 Å². The fourth-order valence-electron chi connectivity index (χ4n) is 1.67. The van der Waals surface area contributed by atoms with Gasteiger partial charge in [-0.15, -0.1) is 0 Å². The van der Waals surface area contributed by atoms with E-state index in [1.165, 1.54) is 6.08 Å². The fraction of sp³-hybridized carbons (Fsp3) is 0.333. The van der Waals surface area contributed by atoms with Gasteiger partial charge in [-0.2, -0.15) is 0 Å². The second-order valence-corrected chi connectivity index (χ2v) is 4.35. The van der Waals surface area contributed by atoms with Crippen molar-refractivity contribution in [2.75, 3.05) is 20.3 Å². The summed E-state index contributed by atoms with van der Waals surface area (Å²) < 4.78 is 4.91. The number of hydrogen-bond acceptors (Lipinski definition) is 3. The molecule has 0 unspecified atom stereocenters. The second-order valence-electron chi connectivity index (χ2n) is 4.35. The molecular formula is C15H19NO4. The first-order chi connectivity index (χ1) is 9.54. The van der Waals surface area contributed by atoms with E-state index in [9.17, 15) is 9.59 Å². The van der Waals surface area contributed by atoms with Crippen molar-refractivity contribution >= 4 is 18.0 Å². The van der Waals surface area contributed by atoms with Crippen LogP contribution >= 0.6 is 0 Å². The highest BCUT2D eigenvalue weighted by atomic mass is 16.5. The summed E-state index contributed by atoms with van der Waals surface area (Å²) in [7, 11) is 1.62. The lowest BCUT2D eigenvalue weighted by Crippen LogP contribution is -2.26. The maximum atomic E-state index is 12.0. The van der Waals surface area contributed by atoms with Crippen LogP contribution in [0.5, 0.6) is 0 Å². The van der Waals surface area contributed by atoms with E-state index in [1.54, 1.807) is 25.3 Å². The van der Waals surface area contributed by atoms with Crippen LogP contribution in [0.3, 0.4) is 0 Å². The zero-order valence-corrected chi connectivity index (χ0v) is 11.7. The Hall–Kier alpha value is -2.14. The molecule has 1 aromatic rings. The number of hydrogen-bond donors (Lipinski definition) is 2. The largest absolute Gasteiger partial charge is 0.478 e. The summed E-state index contributed by atoms with van der Waals surface area (Å²) in [5.74, 6) is -1.18. The van der Waals surface area contributed by atoms with Crippen LogP contribution in [0, 0.1) is 6.92 Å². The van der Waals surface area contributed by atoms with Crippen LogP contribution in [0.2, 0.25) is 0 Å². The topological polar surface area (TPSA) is 75.6 Å². The molecule has 1 rings (SSSR count). The first-order valence-corrected chi connectivity index (χ1v) is 6.33. The minimum absolute atomic E-state index is 0.163. The maximum absolute atomic E-state index is 12.0. The molecule has 0 aliphatic rings. The van der Waals surface area contributed by atoms with Crippen LogP contribution in [0.25, 0.3) is 6.08 Å². The third-order valence-corrected chi connectivity index (χ3v) is 2.74. The van der Waals surface area contributed by atoms with Gasteiger partial charge in [-0.1, -0.05) is 12.1 Å². The zero-order valence-electron chi connectivity index (χ0n) is 11.7. The summed E-state index contributed by atoms with van der Waals surface area (Å²) in [6, 6.07) is 5.25. The van der Waals surface area contributed by atoms with Crippen LogP contribution in [0.15, 0.2) is 24.3 Å². The molecule has 0 aromatic heterocycles. The molecule has 0 heterocycles. The Labute approximate surface area is 118 Å². The van der Waals surface area contributed by atoms with Crippen molar-refractivity contribution in [3.05, 3.63) is 41.0 Å². The number of ether oxygens (including phenoxy) is 1. The molecule has 0 saturated heterocycles. The molecule has 0 saturated carbocycles. The summed E-state index contributed by atoms with van der Waals surface area (Å²) in [6.07, 6.45) is 3.26. The van der Waals surface area contributed by atoms with Crippen LogP contribution in [0.4, 0.5) is 0 Å². The Morgan fingerprint density at radius 2 is 2.15 bits per heavy atom. The summed E-state index contributed by atoms with van der Waals surface area (Å²) in [4.78, 5) is 22.5. The Morgan fingerprint density at radius 1 is 1.40 bits per heavy atom. The monoisotopic (exact) mass is 277 g/mol. The number of rotatable bonds is 7. The van der Waals surface area contributed by atoms with Gasteiger partial charge >= 0.3 is 5.97 Å². The Morgan fingerprint density at radius 3 is 2.80 bits per heavy atom. The Bertz CT molecular complexity index is 509. The molecule has 20 heavy (non-hydrogen) atoms. The van der Waals surface area contributed by atoms with Crippen molar-refractivity contribution in [2.45, 2.75) is 13.3 Å². The smallest absolute Gasteiger partial charge is 0.328 e. The van der Waals surface area contributed by atoms with E-state index in [0.717, 1.165) is 18.1 Å². The summed E-state index contributed by atoms with van der Waals surface area (Å²) in [5, 5.41) is 11.4. The van der Waals surface area contributed by atoms with Gasteiger partial charge in [0, 0.05) is 31.9 Å². The third kappa shape index (κ3) is 5.24.